The van der Waals surface area contributed by atoms with Crippen LogP contribution < -0.4 is 0 Å². The molecule has 80 valence electrons. The van der Waals surface area contributed by atoms with Gasteiger partial charge in [0.15, 0.2) is 0 Å². The molecule has 0 aromatic rings. The third-order valence-electron chi connectivity index (χ3n) is 1.87. The van der Waals surface area contributed by atoms with Crippen molar-refractivity contribution in [3.8, 4) is 0 Å². The highest BCUT2D eigenvalue weighted by molar-refractivity contribution is 5.94. The fourth-order valence-electron chi connectivity index (χ4n) is 1.04. The quantitative estimate of drug-likeness (QED) is 0.376. The van der Waals surface area contributed by atoms with Gasteiger partial charge in [-0.15, -0.1) is 0 Å². The van der Waals surface area contributed by atoms with Crippen molar-refractivity contribution in [2.75, 3.05) is 0 Å². The van der Waals surface area contributed by atoms with Gasteiger partial charge in [-0.3, -0.25) is 19.7 Å². The van der Waals surface area contributed by atoms with Crippen molar-refractivity contribution >= 4 is 11.8 Å². The van der Waals surface area contributed by atoms with Gasteiger partial charge >= 0.3 is 5.97 Å². The zero-order valence-electron chi connectivity index (χ0n) is 7.93. The molecule has 0 rings (SSSR count). The van der Waals surface area contributed by atoms with Crippen LogP contribution in [0, 0.1) is 10.1 Å². The van der Waals surface area contributed by atoms with E-state index in [1.165, 1.54) is 0 Å². The molecule has 0 spiro atoms. The molecule has 0 aliphatic rings. The van der Waals surface area contributed by atoms with Crippen molar-refractivity contribution in [3.05, 3.63) is 10.1 Å². The first-order valence-electron chi connectivity index (χ1n) is 4.34. The normalized spacial score (nSPS) is 12.1. The summed E-state index contributed by atoms with van der Waals surface area (Å²) in [6.07, 6.45) is -0.108. The van der Waals surface area contributed by atoms with E-state index in [9.17, 15) is 19.7 Å². The van der Waals surface area contributed by atoms with Crippen LogP contribution in [0.5, 0.6) is 0 Å². The third-order valence-corrected chi connectivity index (χ3v) is 1.87. The van der Waals surface area contributed by atoms with Gasteiger partial charge in [-0.25, -0.2) is 0 Å². The smallest absolute Gasteiger partial charge is 0.310 e. The van der Waals surface area contributed by atoms with Gasteiger partial charge in [0.1, 0.15) is 12.2 Å². The summed E-state index contributed by atoms with van der Waals surface area (Å²) in [5, 5.41) is 18.6. The first kappa shape index (κ1) is 12.5. The van der Waals surface area contributed by atoms with Gasteiger partial charge in [0, 0.05) is 24.2 Å². The van der Waals surface area contributed by atoms with Crippen LogP contribution in [0.3, 0.4) is 0 Å². The number of carboxylic acids is 1. The number of nitro groups is 1. The van der Waals surface area contributed by atoms with Crippen LogP contribution in [-0.2, 0) is 9.59 Å². The Morgan fingerprint density at radius 2 is 2.07 bits per heavy atom. The largest absolute Gasteiger partial charge is 0.481 e. The van der Waals surface area contributed by atoms with E-state index < -0.39 is 29.1 Å². The number of aliphatic carboxylic acids is 1. The number of ketones is 1. The second-order valence-corrected chi connectivity index (χ2v) is 3.00. The maximum Gasteiger partial charge on any atom is 0.310 e. The highest BCUT2D eigenvalue weighted by Gasteiger charge is 2.19. The lowest BCUT2D eigenvalue weighted by atomic mass is 10.1. The number of rotatable bonds is 7. The summed E-state index contributed by atoms with van der Waals surface area (Å²) >= 11 is 0. The summed E-state index contributed by atoms with van der Waals surface area (Å²) in [7, 11) is 0. The highest BCUT2D eigenvalue weighted by atomic mass is 16.6. The summed E-state index contributed by atoms with van der Waals surface area (Å²) in [4.78, 5) is 30.9. The number of Topliss-reactive ketones (excluding diaryl/α,β-unsaturated/α-hetero) is 1. The standard InChI is InChI=1S/C8H13NO5/c1-2-6(9(13)14)3-4-7(10)5-8(11)12/h6H,2-5H2,1H3,(H,11,12). The summed E-state index contributed by atoms with van der Waals surface area (Å²) in [6, 6.07) is -0.743. The molecule has 0 aliphatic carbocycles. The molecule has 0 heterocycles. The number of hydrogen-bond donors (Lipinski definition) is 1. The van der Waals surface area contributed by atoms with E-state index in [0.717, 1.165) is 0 Å². The van der Waals surface area contributed by atoms with E-state index in [0.29, 0.717) is 6.42 Å². The fraction of sp³-hybridized carbons (Fsp3) is 0.750. The Bertz CT molecular complexity index is 238. The van der Waals surface area contributed by atoms with Gasteiger partial charge in [-0.2, -0.15) is 0 Å². The molecule has 0 aromatic heterocycles. The second kappa shape index (κ2) is 6.06. The Morgan fingerprint density at radius 3 is 2.43 bits per heavy atom. The first-order chi connectivity index (χ1) is 6.47. The van der Waals surface area contributed by atoms with E-state index in [1.54, 1.807) is 6.92 Å². The molecule has 6 nitrogen and oxygen atoms in total. The molecule has 1 N–H and O–H groups in total. The molecule has 0 fully saturated rings. The Labute approximate surface area is 81.1 Å². The number of nitrogens with zero attached hydrogens (tertiary/aromatic N) is 1. The predicted octanol–water partition coefficient (Wildman–Crippen LogP) is 0.866. The molecule has 14 heavy (non-hydrogen) atoms. The van der Waals surface area contributed by atoms with Gasteiger partial charge in [0.25, 0.3) is 0 Å². The van der Waals surface area contributed by atoms with E-state index in [1.807, 2.05) is 0 Å². The van der Waals surface area contributed by atoms with Crippen LogP contribution in [0.15, 0.2) is 0 Å². The maximum atomic E-state index is 10.9. The van der Waals surface area contributed by atoms with Crippen LogP contribution >= 0.6 is 0 Å². The van der Waals surface area contributed by atoms with Crippen molar-refractivity contribution in [1.29, 1.82) is 0 Å². The maximum absolute atomic E-state index is 10.9. The molecule has 0 aromatic carbocycles. The zero-order chi connectivity index (χ0) is 11.1. The van der Waals surface area contributed by atoms with Crippen LogP contribution in [0.4, 0.5) is 0 Å². The second-order valence-electron chi connectivity index (χ2n) is 3.00. The first-order valence-corrected chi connectivity index (χ1v) is 4.34. The van der Waals surface area contributed by atoms with Gasteiger partial charge in [0.2, 0.25) is 6.04 Å². The fourth-order valence-corrected chi connectivity index (χ4v) is 1.04. The molecule has 6 heteroatoms. The minimum Gasteiger partial charge on any atom is -0.481 e. The van der Waals surface area contributed by atoms with E-state index in [-0.39, 0.29) is 12.8 Å². The van der Waals surface area contributed by atoms with Crippen molar-refractivity contribution in [2.24, 2.45) is 0 Å². The molecular formula is C8H13NO5. The van der Waals surface area contributed by atoms with Crippen LogP contribution in [-0.4, -0.2) is 27.8 Å². The Balaban J connectivity index is 3.85. The van der Waals surface area contributed by atoms with Gasteiger partial charge in [0.05, 0.1) is 0 Å². The van der Waals surface area contributed by atoms with E-state index >= 15 is 0 Å². The molecule has 0 amide bonds. The molecule has 0 bridgehead atoms. The minimum absolute atomic E-state index is 0.0359. The van der Waals surface area contributed by atoms with Crippen molar-refractivity contribution in [2.45, 2.75) is 38.6 Å². The number of hydrogen-bond acceptors (Lipinski definition) is 4. The van der Waals surface area contributed by atoms with Crippen LogP contribution in [0.2, 0.25) is 0 Å². The number of carboxylic acid groups (broad SMARTS) is 1. The van der Waals surface area contributed by atoms with E-state index in [4.69, 9.17) is 5.11 Å². The summed E-state index contributed by atoms with van der Waals surface area (Å²) in [6.45, 7) is 1.66. The molecule has 1 atom stereocenters. The van der Waals surface area contributed by atoms with Gasteiger partial charge in [-0.05, 0) is 0 Å². The minimum atomic E-state index is -1.19. The van der Waals surface area contributed by atoms with Crippen LogP contribution in [0.25, 0.3) is 0 Å². The van der Waals surface area contributed by atoms with E-state index in [2.05, 4.69) is 0 Å². The van der Waals surface area contributed by atoms with Crippen molar-refractivity contribution in [1.82, 2.24) is 0 Å². The highest BCUT2D eigenvalue weighted by Crippen LogP contribution is 2.07. The topological polar surface area (TPSA) is 97.5 Å². The molecular weight excluding hydrogens is 190 g/mol. The lowest BCUT2D eigenvalue weighted by Gasteiger charge is -2.04. The average molecular weight is 203 g/mol. The molecule has 0 aliphatic heterocycles. The molecule has 0 saturated carbocycles. The van der Waals surface area contributed by atoms with Crippen LogP contribution in [0.1, 0.15) is 32.6 Å². The molecule has 0 saturated heterocycles. The predicted molar refractivity (Wildman–Crippen MR) is 47.6 cm³/mol. The Kier molecular flexibility index (Phi) is 5.43. The zero-order valence-corrected chi connectivity index (χ0v) is 7.93. The number of carbonyl (C=O) groups is 2. The molecule has 0 radical (unpaired) electrons. The van der Waals surface area contributed by atoms with Crippen molar-refractivity contribution < 1.29 is 19.6 Å². The Morgan fingerprint density at radius 1 is 1.50 bits per heavy atom. The summed E-state index contributed by atoms with van der Waals surface area (Å²) < 4.78 is 0. The lowest BCUT2D eigenvalue weighted by Crippen LogP contribution is -2.20. The molecule has 1 unspecified atom stereocenters. The summed E-state index contributed by atoms with van der Waals surface area (Å²) in [5.74, 6) is -1.65. The summed E-state index contributed by atoms with van der Waals surface area (Å²) in [5.41, 5.74) is 0. The SMILES string of the molecule is CCC(CCC(=O)CC(=O)O)[N+](=O)[O-]. The third kappa shape index (κ3) is 5.23. The average Bonchev–Trinajstić information content (AvgIpc) is 2.03. The Hall–Kier alpha value is -1.46. The van der Waals surface area contributed by atoms with Gasteiger partial charge < -0.3 is 5.11 Å². The lowest BCUT2D eigenvalue weighted by molar-refractivity contribution is -0.523. The monoisotopic (exact) mass is 203 g/mol. The number of carbonyl (C=O) groups excluding carboxylic acids is 1. The van der Waals surface area contributed by atoms with Gasteiger partial charge in [-0.1, -0.05) is 6.92 Å². The van der Waals surface area contributed by atoms with Crippen molar-refractivity contribution in [3.63, 3.8) is 0 Å².